The molecule has 0 spiro atoms. The van der Waals surface area contributed by atoms with Crippen LogP contribution in [0.4, 0.5) is 0 Å². The van der Waals surface area contributed by atoms with Gasteiger partial charge in [0, 0.05) is 12.3 Å². The Balaban J connectivity index is 3.48. The van der Waals surface area contributed by atoms with Crippen LogP contribution in [0.2, 0.25) is 0 Å². The van der Waals surface area contributed by atoms with Crippen molar-refractivity contribution in [2.75, 3.05) is 0 Å². The summed E-state index contributed by atoms with van der Waals surface area (Å²) in [6, 6.07) is 0.403. The first-order chi connectivity index (χ1) is 5.16. The molecule has 0 amide bonds. The first kappa shape index (κ1) is 10.2. The first-order valence-electron chi connectivity index (χ1n) is 4.13. The van der Waals surface area contributed by atoms with Crippen LogP contribution in [0.5, 0.6) is 0 Å². The quantitative estimate of drug-likeness (QED) is 0.477. The number of hydrogen-bond donors (Lipinski definition) is 1. The van der Waals surface area contributed by atoms with E-state index in [1.54, 1.807) is 6.21 Å². The molecule has 0 unspecified atom stereocenters. The number of rotatable bonds is 5. The molecule has 0 radical (unpaired) electrons. The summed E-state index contributed by atoms with van der Waals surface area (Å²) in [5.74, 6) is 0. The van der Waals surface area contributed by atoms with E-state index in [1.807, 2.05) is 0 Å². The van der Waals surface area contributed by atoms with Gasteiger partial charge >= 0.3 is 0 Å². The molecule has 1 N–H and O–H groups in total. The lowest BCUT2D eigenvalue weighted by Crippen LogP contribution is -2.15. The van der Waals surface area contributed by atoms with E-state index in [4.69, 9.17) is 0 Å². The Hall–Kier alpha value is -0.790. The van der Waals surface area contributed by atoms with Gasteiger partial charge in [-0.25, -0.2) is 0 Å². The average molecular weight is 154 g/mol. The highest BCUT2D eigenvalue weighted by atomic mass is 15.3. The molecule has 0 saturated heterocycles. The van der Waals surface area contributed by atoms with E-state index in [1.165, 1.54) is 0 Å². The smallest absolute Gasteiger partial charge is 0.0494 e. The van der Waals surface area contributed by atoms with Crippen LogP contribution in [0.3, 0.4) is 0 Å². The summed E-state index contributed by atoms with van der Waals surface area (Å²) in [4.78, 5) is 0. The van der Waals surface area contributed by atoms with Crippen molar-refractivity contribution in [3.8, 4) is 0 Å². The minimum absolute atomic E-state index is 0.403. The molecule has 2 heteroatoms. The fourth-order valence-electron chi connectivity index (χ4n) is 0.663. The van der Waals surface area contributed by atoms with Gasteiger partial charge in [-0.1, -0.05) is 19.9 Å². The standard InChI is InChI=1S/C9H18N2/c1-5-6-9(4)7-10-11-8(2)3/h7-8,11H,4-6H2,1-3H3/b10-7-. The predicted octanol–water partition coefficient (Wildman–Crippen LogP) is 2.33. The topological polar surface area (TPSA) is 24.4 Å². The summed E-state index contributed by atoms with van der Waals surface area (Å²) < 4.78 is 0. The molecule has 2 nitrogen and oxygen atoms in total. The van der Waals surface area contributed by atoms with Crippen molar-refractivity contribution in [1.29, 1.82) is 0 Å². The van der Waals surface area contributed by atoms with E-state index >= 15 is 0 Å². The van der Waals surface area contributed by atoms with Gasteiger partial charge in [-0.15, -0.1) is 0 Å². The van der Waals surface area contributed by atoms with Crippen molar-refractivity contribution < 1.29 is 0 Å². The molecular formula is C9H18N2. The van der Waals surface area contributed by atoms with E-state index in [0.717, 1.165) is 18.4 Å². The minimum atomic E-state index is 0.403. The van der Waals surface area contributed by atoms with E-state index in [0.29, 0.717) is 6.04 Å². The molecule has 0 fully saturated rings. The van der Waals surface area contributed by atoms with Crippen molar-refractivity contribution in [3.63, 3.8) is 0 Å². The summed E-state index contributed by atoms with van der Waals surface area (Å²) in [6.45, 7) is 10.1. The zero-order chi connectivity index (χ0) is 8.69. The fourth-order valence-corrected chi connectivity index (χ4v) is 0.663. The van der Waals surface area contributed by atoms with E-state index in [-0.39, 0.29) is 0 Å². The summed E-state index contributed by atoms with van der Waals surface area (Å²) >= 11 is 0. The molecule has 64 valence electrons. The molecule has 0 aliphatic carbocycles. The van der Waals surface area contributed by atoms with Crippen LogP contribution in [-0.4, -0.2) is 12.3 Å². The zero-order valence-corrected chi connectivity index (χ0v) is 7.72. The van der Waals surface area contributed by atoms with Crippen molar-refractivity contribution in [2.45, 2.75) is 39.7 Å². The maximum absolute atomic E-state index is 4.01. The van der Waals surface area contributed by atoms with Gasteiger partial charge in [0.05, 0.1) is 0 Å². The van der Waals surface area contributed by atoms with Crippen LogP contribution >= 0.6 is 0 Å². The molecule has 11 heavy (non-hydrogen) atoms. The highest BCUT2D eigenvalue weighted by Gasteiger charge is 1.87. The van der Waals surface area contributed by atoms with Crippen molar-refractivity contribution in [1.82, 2.24) is 5.43 Å². The van der Waals surface area contributed by atoms with Gasteiger partial charge in [-0.2, -0.15) is 5.10 Å². The van der Waals surface area contributed by atoms with E-state index in [9.17, 15) is 0 Å². The van der Waals surface area contributed by atoms with Crippen molar-refractivity contribution in [3.05, 3.63) is 12.2 Å². The van der Waals surface area contributed by atoms with Crippen molar-refractivity contribution >= 4 is 6.21 Å². The molecule has 0 aromatic heterocycles. The Bertz CT molecular complexity index is 136. The SMILES string of the molecule is C=C(/C=N\NC(C)C)CCC. The lowest BCUT2D eigenvalue weighted by Gasteiger charge is -2.02. The third kappa shape index (κ3) is 7.10. The summed E-state index contributed by atoms with van der Waals surface area (Å²) in [5, 5.41) is 4.01. The maximum Gasteiger partial charge on any atom is 0.0494 e. The molecule has 0 saturated carbocycles. The number of allylic oxidation sites excluding steroid dienone is 1. The summed E-state index contributed by atoms with van der Waals surface area (Å²) in [7, 11) is 0. The Morgan fingerprint density at radius 2 is 2.27 bits per heavy atom. The second-order valence-corrected chi connectivity index (χ2v) is 2.95. The van der Waals surface area contributed by atoms with Gasteiger partial charge in [0.15, 0.2) is 0 Å². The molecule has 0 aliphatic rings. The van der Waals surface area contributed by atoms with Gasteiger partial charge in [0.1, 0.15) is 0 Å². The maximum atomic E-state index is 4.01. The normalized spacial score (nSPS) is 10.9. The van der Waals surface area contributed by atoms with Crippen LogP contribution < -0.4 is 5.43 Å². The van der Waals surface area contributed by atoms with Gasteiger partial charge in [-0.05, 0) is 25.8 Å². The number of nitrogens with one attached hydrogen (secondary N) is 1. The lowest BCUT2D eigenvalue weighted by molar-refractivity contribution is 0.622. The third-order valence-electron chi connectivity index (χ3n) is 1.15. The molecule has 0 atom stereocenters. The van der Waals surface area contributed by atoms with Crippen LogP contribution in [-0.2, 0) is 0 Å². The molecule has 0 aliphatic heterocycles. The Morgan fingerprint density at radius 3 is 2.73 bits per heavy atom. The molecule has 0 rings (SSSR count). The highest BCUT2D eigenvalue weighted by Crippen LogP contribution is 1.96. The van der Waals surface area contributed by atoms with E-state index in [2.05, 4.69) is 37.9 Å². The minimum Gasteiger partial charge on any atom is -0.308 e. The monoisotopic (exact) mass is 154 g/mol. The van der Waals surface area contributed by atoms with Crippen LogP contribution in [0.15, 0.2) is 17.3 Å². The van der Waals surface area contributed by atoms with Crippen LogP contribution in [0.1, 0.15) is 33.6 Å². The number of hydrazone groups is 1. The summed E-state index contributed by atoms with van der Waals surface area (Å²) in [5.41, 5.74) is 4.03. The molecule has 0 aromatic carbocycles. The fraction of sp³-hybridized carbons (Fsp3) is 0.667. The Labute approximate surface area is 69.4 Å². The van der Waals surface area contributed by atoms with Crippen LogP contribution in [0.25, 0.3) is 0 Å². The van der Waals surface area contributed by atoms with Crippen molar-refractivity contribution in [2.24, 2.45) is 5.10 Å². The molecular weight excluding hydrogens is 136 g/mol. The van der Waals surface area contributed by atoms with Gasteiger partial charge < -0.3 is 5.43 Å². The number of nitrogens with zero attached hydrogens (tertiary/aromatic N) is 1. The van der Waals surface area contributed by atoms with Gasteiger partial charge in [0.25, 0.3) is 0 Å². The molecule has 0 bridgehead atoms. The zero-order valence-electron chi connectivity index (χ0n) is 7.72. The van der Waals surface area contributed by atoms with E-state index < -0.39 is 0 Å². The highest BCUT2D eigenvalue weighted by molar-refractivity contribution is 5.77. The Morgan fingerprint density at radius 1 is 1.64 bits per heavy atom. The average Bonchev–Trinajstić information content (AvgIpc) is 1.87. The lowest BCUT2D eigenvalue weighted by atomic mass is 10.2. The Kier molecular flexibility index (Phi) is 5.53. The van der Waals surface area contributed by atoms with Gasteiger partial charge in [0.2, 0.25) is 0 Å². The third-order valence-corrected chi connectivity index (χ3v) is 1.15. The predicted molar refractivity (Wildman–Crippen MR) is 50.8 cm³/mol. The second kappa shape index (κ2) is 5.96. The second-order valence-electron chi connectivity index (χ2n) is 2.95. The molecule has 0 heterocycles. The largest absolute Gasteiger partial charge is 0.308 e. The van der Waals surface area contributed by atoms with Gasteiger partial charge in [-0.3, -0.25) is 0 Å². The first-order valence-corrected chi connectivity index (χ1v) is 4.13. The number of hydrogen-bond acceptors (Lipinski definition) is 2. The van der Waals surface area contributed by atoms with Crippen LogP contribution in [0, 0.1) is 0 Å². The summed E-state index contributed by atoms with van der Waals surface area (Å²) in [6.07, 6.45) is 3.96. The molecule has 0 aromatic rings.